The molecule has 0 fully saturated rings. The first kappa shape index (κ1) is 18.1. The Kier molecular flexibility index (Phi) is 6.07. The molecule has 0 aliphatic heterocycles. The van der Waals surface area contributed by atoms with E-state index in [1.54, 1.807) is 6.92 Å². The van der Waals surface area contributed by atoms with Crippen molar-refractivity contribution in [3.8, 4) is 0 Å². The minimum atomic E-state index is -3.99. The van der Waals surface area contributed by atoms with Crippen molar-refractivity contribution in [3.05, 3.63) is 29.3 Å². The Morgan fingerprint density at radius 2 is 2.00 bits per heavy atom. The molecule has 1 atom stereocenters. The number of rotatable bonds is 7. The van der Waals surface area contributed by atoms with Crippen LogP contribution in [-0.4, -0.2) is 38.6 Å². The van der Waals surface area contributed by atoms with Gasteiger partial charge in [-0.05, 0) is 37.1 Å². The SMILES string of the molecule is CCCC(NS(=O)(=O)c1ccc(C(=O)OC)cc1C)C(=O)O. The van der Waals surface area contributed by atoms with Crippen LogP contribution in [0.3, 0.4) is 0 Å². The van der Waals surface area contributed by atoms with E-state index in [1.807, 2.05) is 0 Å². The quantitative estimate of drug-likeness (QED) is 0.730. The Morgan fingerprint density at radius 1 is 1.36 bits per heavy atom. The molecular weight excluding hydrogens is 310 g/mol. The van der Waals surface area contributed by atoms with E-state index in [1.165, 1.54) is 32.2 Å². The van der Waals surface area contributed by atoms with Crippen LogP contribution in [0, 0.1) is 6.92 Å². The van der Waals surface area contributed by atoms with Gasteiger partial charge in [0.05, 0.1) is 17.6 Å². The molecule has 2 N–H and O–H groups in total. The molecule has 0 spiro atoms. The maximum absolute atomic E-state index is 12.3. The summed E-state index contributed by atoms with van der Waals surface area (Å²) in [4.78, 5) is 22.4. The predicted molar refractivity (Wildman–Crippen MR) is 79.2 cm³/mol. The summed E-state index contributed by atoms with van der Waals surface area (Å²) in [7, 11) is -2.76. The molecule has 0 amide bonds. The number of carbonyl (C=O) groups is 2. The second kappa shape index (κ2) is 7.37. The van der Waals surface area contributed by atoms with Crippen molar-refractivity contribution in [2.75, 3.05) is 7.11 Å². The highest BCUT2D eigenvalue weighted by molar-refractivity contribution is 7.89. The van der Waals surface area contributed by atoms with Crippen LogP contribution in [0.4, 0.5) is 0 Å². The topological polar surface area (TPSA) is 110 Å². The zero-order valence-electron chi connectivity index (χ0n) is 12.6. The van der Waals surface area contributed by atoms with Gasteiger partial charge in [-0.25, -0.2) is 13.2 Å². The third kappa shape index (κ3) is 4.28. The maximum atomic E-state index is 12.3. The first-order valence-electron chi connectivity index (χ1n) is 6.67. The van der Waals surface area contributed by atoms with Crippen molar-refractivity contribution >= 4 is 22.0 Å². The number of aryl methyl sites for hydroxylation is 1. The predicted octanol–water partition coefficient (Wildman–Crippen LogP) is 1.31. The van der Waals surface area contributed by atoms with E-state index >= 15 is 0 Å². The number of hydrogen-bond donors (Lipinski definition) is 2. The lowest BCUT2D eigenvalue weighted by Gasteiger charge is -2.15. The summed E-state index contributed by atoms with van der Waals surface area (Å²) < 4.78 is 31.3. The second-order valence-electron chi connectivity index (χ2n) is 4.77. The molecule has 0 heterocycles. The molecule has 0 radical (unpaired) electrons. The molecule has 22 heavy (non-hydrogen) atoms. The summed E-state index contributed by atoms with van der Waals surface area (Å²) >= 11 is 0. The van der Waals surface area contributed by atoms with Crippen LogP contribution in [0.15, 0.2) is 23.1 Å². The van der Waals surface area contributed by atoms with E-state index in [9.17, 15) is 18.0 Å². The van der Waals surface area contributed by atoms with Crippen LogP contribution in [0.5, 0.6) is 0 Å². The van der Waals surface area contributed by atoms with E-state index in [0.29, 0.717) is 12.0 Å². The van der Waals surface area contributed by atoms with E-state index in [-0.39, 0.29) is 16.9 Å². The van der Waals surface area contributed by atoms with Crippen LogP contribution in [-0.2, 0) is 19.6 Å². The highest BCUT2D eigenvalue weighted by Crippen LogP contribution is 2.18. The summed E-state index contributed by atoms with van der Waals surface area (Å²) in [5.74, 6) is -1.80. The second-order valence-corrected chi connectivity index (χ2v) is 6.46. The van der Waals surface area contributed by atoms with Gasteiger partial charge in [-0.1, -0.05) is 13.3 Å². The molecule has 0 aromatic heterocycles. The molecule has 1 aromatic carbocycles. The number of aliphatic carboxylic acids is 1. The van der Waals surface area contributed by atoms with Crippen LogP contribution in [0.25, 0.3) is 0 Å². The van der Waals surface area contributed by atoms with E-state index in [4.69, 9.17) is 5.11 Å². The Bertz CT molecular complexity index is 668. The van der Waals surface area contributed by atoms with Gasteiger partial charge < -0.3 is 9.84 Å². The Labute approximate surface area is 129 Å². The third-order valence-electron chi connectivity index (χ3n) is 3.06. The van der Waals surface area contributed by atoms with Gasteiger partial charge in [-0.2, -0.15) is 4.72 Å². The van der Waals surface area contributed by atoms with Crippen LogP contribution in [0.2, 0.25) is 0 Å². The Balaban J connectivity index is 3.12. The molecular formula is C14H19NO6S. The molecule has 0 saturated carbocycles. The summed E-state index contributed by atoms with van der Waals surface area (Å²) in [5.41, 5.74) is 0.554. The van der Waals surface area contributed by atoms with E-state index in [0.717, 1.165) is 0 Å². The van der Waals surface area contributed by atoms with Crippen LogP contribution >= 0.6 is 0 Å². The first-order chi connectivity index (χ1) is 10.2. The number of esters is 1. The normalized spacial score (nSPS) is 12.7. The van der Waals surface area contributed by atoms with Gasteiger partial charge in [0.1, 0.15) is 6.04 Å². The lowest BCUT2D eigenvalue weighted by Crippen LogP contribution is -2.40. The molecule has 7 nitrogen and oxygen atoms in total. The van der Waals surface area contributed by atoms with Gasteiger partial charge in [0.25, 0.3) is 0 Å². The van der Waals surface area contributed by atoms with Crippen LogP contribution in [0.1, 0.15) is 35.7 Å². The highest BCUT2D eigenvalue weighted by atomic mass is 32.2. The summed E-state index contributed by atoms with van der Waals surface area (Å²) in [5, 5.41) is 9.04. The fourth-order valence-corrected chi connectivity index (χ4v) is 3.42. The van der Waals surface area contributed by atoms with Gasteiger partial charge in [0.15, 0.2) is 0 Å². The number of nitrogens with one attached hydrogen (secondary N) is 1. The van der Waals surface area contributed by atoms with Crippen molar-refractivity contribution in [1.29, 1.82) is 0 Å². The van der Waals surface area contributed by atoms with Crippen molar-refractivity contribution in [1.82, 2.24) is 4.72 Å². The van der Waals surface area contributed by atoms with Crippen molar-refractivity contribution < 1.29 is 27.9 Å². The van der Waals surface area contributed by atoms with Gasteiger partial charge in [0, 0.05) is 0 Å². The zero-order chi connectivity index (χ0) is 16.9. The number of benzene rings is 1. The summed E-state index contributed by atoms with van der Waals surface area (Å²) in [6.45, 7) is 3.29. The van der Waals surface area contributed by atoms with Crippen molar-refractivity contribution in [2.45, 2.75) is 37.6 Å². The highest BCUT2D eigenvalue weighted by Gasteiger charge is 2.26. The molecule has 122 valence electrons. The molecule has 1 rings (SSSR count). The first-order valence-corrected chi connectivity index (χ1v) is 8.15. The largest absolute Gasteiger partial charge is 0.480 e. The molecule has 0 aliphatic carbocycles. The number of carbonyl (C=O) groups excluding carboxylic acids is 1. The smallest absolute Gasteiger partial charge is 0.337 e. The summed E-state index contributed by atoms with van der Waals surface area (Å²) in [6.07, 6.45) is 0.716. The Hall–Kier alpha value is -1.93. The van der Waals surface area contributed by atoms with Crippen molar-refractivity contribution in [2.24, 2.45) is 0 Å². The fourth-order valence-electron chi connectivity index (χ4n) is 1.97. The lowest BCUT2D eigenvalue weighted by molar-refractivity contribution is -0.139. The monoisotopic (exact) mass is 329 g/mol. The number of sulfonamides is 1. The number of carboxylic acid groups (broad SMARTS) is 1. The third-order valence-corrected chi connectivity index (χ3v) is 4.69. The average Bonchev–Trinajstić information content (AvgIpc) is 2.45. The fraction of sp³-hybridized carbons (Fsp3) is 0.429. The van der Waals surface area contributed by atoms with Gasteiger partial charge in [-0.15, -0.1) is 0 Å². The number of ether oxygens (including phenoxy) is 1. The number of carboxylic acids is 1. The molecule has 0 bridgehead atoms. The molecule has 1 unspecified atom stereocenters. The number of hydrogen-bond acceptors (Lipinski definition) is 5. The Morgan fingerprint density at radius 3 is 2.45 bits per heavy atom. The molecule has 0 saturated heterocycles. The van der Waals surface area contributed by atoms with E-state index in [2.05, 4.69) is 9.46 Å². The van der Waals surface area contributed by atoms with Gasteiger partial charge in [0.2, 0.25) is 10.0 Å². The standard InChI is InChI=1S/C14H19NO6S/c1-4-5-11(13(16)17)15-22(19,20)12-7-6-10(8-9(12)2)14(18)21-3/h6-8,11,15H,4-5H2,1-3H3,(H,16,17). The molecule has 8 heteroatoms. The molecule has 1 aromatic rings. The van der Waals surface area contributed by atoms with Gasteiger partial charge >= 0.3 is 11.9 Å². The molecule has 0 aliphatic rings. The number of methoxy groups -OCH3 is 1. The van der Waals surface area contributed by atoms with Gasteiger partial charge in [-0.3, -0.25) is 4.79 Å². The maximum Gasteiger partial charge on any atom is 0.337 e. The van der Waals surface area contributed by atoms with E-state index < -0.39 is 28.0 Å². The lowest BCUT2D eigenvalue weighted by atomic mass is 10.1. The minimum Gasteiger partial charge on any atom is -0.480 e. The van der Waals surface area contributed by atoms with Crippen LogP contribution < -0.4 is 4.72 Å². The minimum absolute atomic E-state index is 0.0671. The zero-order valence-corrected chi connectivity index (χ0v) is 13.4. The van der Waals surface area contributed by atoms with Crippen molar-refractivity contribution in [3.63, 3.8) is 0 Å². The summed E-state index contributed by atoms with van der Waals surface area (Å²) in [6, 6.07) is 2.78. The average molecular weight is 329 g/mol.